The highest BCUT2D eigenvalue weighted by Gasteiger charge is 2.29. The third-order valence-corrected chi connectivity index (χ3v) is 19.0. The van der Waals surface area contributed by atoms with Gasteiger partial charge in [-0.15, -0.1) is 46.2 Å². The number of amidine groups is 2. The van der Waals surface area contributed by atoms with Gasteiger partial charge in [-0.2, -0.15) is 0 Å². The molecule has 4 aromatic heterocycles. The molecule has 0 radical (unpaired) electrons. The number of benzene rings is 4. The zero-order valence-corrected chi connectivity index (χ0v) is 39.7. The highest BCUT2D eigenvalue weighted by Crippen LogP contribution is 2.40. The molecular formula is C40H35Br2N8O4S6+. The number of sulfone groups is 2. The number of nitrogens with two attached hydrogens (primary N) is 2. The highest BCUT2D eigenvalue weighted by molar-refractivity contribution is 9.11. The Kier molecular flexibility index (Phi) is 13.1. The molecule has 0 bridgehead atoms. The standard InChI is InChI=1S/2C20H17BrN4O2S3/c1-28-20-17(9-16(29-20)19(22)23)30(26,27)13-7-14(21)18-15(8-13)25(11-24-18)10-12-5-3-2-4-6-12;1-28-20-17(9-16(29-20)19(22)23)30(26,27)13-7-14(21)18-15(8-13)24-11-25(18)10-12-5-3-2-4-6-12/h2*2-9,11H,10H2,1H3,(H3,22,23)/p+1. The van der Waals surface area contributed by atoms with Crippen molar-refractivity contribution in [3.63, 3.8) is 0 Å². The number of fused-ring (bicyclic) bond motifs is 2. The van der Waals surface area contributed by atoms with E-state index < -0.39 is 19.7 Å². The molecule has 0 aliphatic heterocycles. The van der Waals surface area contributed by atoms with Crippen LogP contribution in [0.15, 0.2) is 147 Å². The first-order valence-electron chi connectivity index (χ1n) is 17.6. The van der Waals surface area contributed by atoms with Gasteiger partial charge in [-0.1, -0.05) is 60.7 Å². The van der Waals surface area contributed by atoms with Crippen LogP contribution in [-0.2, 0) is 32.8 Å². The quantitative estimate of drug-likeness (QED) is 0.0342. The van der Waals surface area contributed by atoms with E-state index in [9.17, 15) is 16.8 Å². The van der Waals surface area contributed by atoms with Gasteiger partial charge in [0, 0.05) is 17.1 Å². The van der Waals surface area contributed by atoms with Gasteiger partial charge in [0.1, 0.15) is 23.7 Å². The average Bonchev–Trinajstić information content (AvgIpc) is 4.05. The van der Waals surface area contributed by atoms with Crippen molar-refractivity contribution in [1.29, 1.82) is 10.8 Å². The maximum atomic E-state index is 13.5. The van der Waals surface area contributed by atoms with E-state index >= 15 is 0 Å². The molecule has 60 heavy (non-hydrogen) atoms. The number of thiophene rings is 2. The summed E-state index contributed by atoms with van der Waals surface area (Å²) >= 11 is 12.1. The van der Waals surface area contributed by atoms with Crippen LogP contribution in [0.4, 0.5) is 0 Å². The van der Waals surface area contributed by atoms with Crippen molar-refractivity contribution in [3.05, 3.63) is 140 Å². The molecule has 0 saturated heterocycles. The lowest BCUT2D eigenvalue weighted by molar-refractivity contribution is -0.662. The summed E-state index contributed by atoms with van der Waals surface area (Å²) < 4.78 is 60.2. The number of rotatable bonds is 12. The predicted octanol–water partition coefficient (Wildman–Crippen LogP) is 8.91. The average molecular weight is 1040 g/mol. The Morgan fingerprint density at radius 2 is 1.28 bits per heavy atom. The SMILES string of the molecule is CSc1sc(C(=N)N)cc1S(=O)(=O)c1cc(Br)c2c(c1)[nH]c[n+]2Cc1ccccc1.CSc1sc(C(=N)N)cc1S(=O)(=O)c1cc(Br)c2ncn(Cc3ccccc3)c2c1. The first-order valence-corrected chi connectivity index (χ1v) is 26.2. The molecule has 308 valence electrons. The van der Waals surface area contributed by atoms with E-state index in [1.54, 1.807) is 30.6 Å². The summed E-state index contributed by atoms with van der Waals surface area (Å²) in [6.07, 6.45) is 7.17. The maximum Gasteiger partial charge on any atom is 0.242 e. The minimum Gasteiger partial charge on any atom is -0.383 e. The molecule has 0 aliphatic carbocycles. The molecule has 0 spiro atoms. The molecule has 7 N–H and O–H groups in total. The fourth-order valence-electron chi connectivity index (χ4n) is 6.30. The van der Waals surface area contributed by atoms with Crippen molar-refractivity contribution < 1.29 is 21.4 Å². The third-order valence-electron chi connectivity index (χ3n) is 9.18. The van der Waals surface area contributed by atoms with Gasteiger partial charge in [-0.05, 0) is 85.8 Å². The van der Waals surface area contributed by atoms with E-state index in [2.05, 4.69) is 41.8 Å². The minimum atomic E-state index is -3.81. The second-order valence-corrected chi connectivity index (χ2v) is 22.9. The number of aromatic amines is 1. The van der Waals surface area contributed by atoms with E-state index in [-0.39, 0.29) is 31.3 Å². The zero-order valence-electron chi connectivity index (χ0n) is 31.6. The Bertz CT molecular complexity index is 3150. The molecule has 20 heteroatoms. The normalized spacial score (nSPS) is 11.8. The van der Waals surface area contributed by atoms with Gasteiger partial charge in [0.15, 0.2) is 11.0 Å². The molecule has 0 atom stereocenters. The van der Waals surface area contributed by atoms with E-state index in [0.717, 1.165) is 22.2 Å². The van der Waals surface area contributed by atoms with Crippen LogP contribution < -0.4 is 16.0 Å². The van der Waals surface area contributed by atoms with Crippen molar-refractivity contribution >= 4 is 131 Å². The lowest BCUT2D eigenvalue weighted by Crippen LogP contribution is -2.32. The number of aromatic nitrogens is 4. The molecule has 0 unspecified atom stereocenters. The third kappa shape index (κ3) is 8.87. The molecule has 12 nitrogen and oxygen atoms in total. The molecule has 8 rings (SSSR count). The van der Waals surface area contributed by atoms with Crippen molar-refractivity contribution in [2.24, 2.45) is 11.5 Å². The Labute approximate surface area is 379 Å². The first kappa shape index (κ1) is 43.8. The van der Waals surface area contributed by atoms with Gasteiger partial charge in [0.2, 0.25) is 26.0 Å². The lowest BCUT2D eigenvalue weighted by atomic mass is 10.2. The minimum absolute atomic E-state index is 0.139. The number of hydrogen-bond donors (Lipinski definition) is 5. The Balaban J connectivity index is 0.000000181. The van der Waals surface area contributed by atoms with Gasteiger partial charge in [-0.25, -0.2) is 31.4 Å². The summed E-state index contributed by atoms with van der Waals surface area (Å²) in [5.74, 6) is -0.283. The molecule has 4 heterocycles. The van der Waals surface area contributed by atoms with Crippen molar-refractivity contribution in [2.45, 2.75) is 41.1 Å². The largest absolute Gasteiger partial charge is 0.383 e. The van der Waals surface area contributed by atoms with Gasteiger partial charge < -0.3 is 16.0 Å². The van der Waals surface area contributed by atoms with E-state index in [1.165, 1.54) is 58.3 Å². The summed E-state index contributed by atoms with van der Waals surface area (Å²) in [5, 5.41) is 15.3. The number of halogens is 2. The maximum absolute atomic E-state index is 13.5. The smallest absolute Gasteiger partial charge is 0.242 e. The molecule has 0 fully saturated rings. The molecule has 0 saturated carbocycles. The van der Waals surface area contributed by atoms with Gasteiger partial charge in [0.05, 0.1) is 54.1 Å². The van der Waals surface area contributed by atoms with Crippen LogP contribution >= 0.6 is 78.1 Å². The monoisotopic (exact) mass is 1040 g/mol. The zero-order chi connectivity index (χ0) is 42.9. The number of thioether (sulfide) groups is 2. The summed E-state index contributed by atoms with van der Waals surface area (Å²) in [6.45, 7) is 1.24. The Hall–Kier alpha value is -4.28. The molecular weight excluding hydrogens is 1010 g/mol. The number of nitrogens with one attached hydrogen (secondary N) is 3. The van der Waals surface area contributed by atoms with Crippen LogP contribution in [0.1, 0.15) is 20.9 Å². The van der Waals surface area contributed by atoms with Crippen LogP contribution in [0.3, 0.4) is 0 Å². The van der Waals surface area contributed by atoms with Gasteiger partial charge in [-0.3, -0.25) is 10.8 Å². The molecule has 4 aromatic carbocycles. The number of nitrogens with zero attached hydrogens (tertiary/aromatic N) is 3. The summed E-state index contributed by atoms with van der Waals surface area (Å²) in [5.41, 5.74) is 16.4. The number of nitrogen functional groups attached to an aromatic ring is 2. The van der Waals surface area contributed by atoms with Crippen LogP contribution in [-0.4, -0.2) is 55.6 Å². The first-order chi connectivity index (χ1) is 28.6. The van der Waals surface area contributed by atoms with Crippen LogP contribution in [0, 0.1) is 10.8 Å². The topological polar surface area (TPSA) is 206 Å². The van der Waals surface area contributed by atoms with E-state index in [0.29, 0.717) is 51.2 Å². The summed E-state index contributed by atoms with van der Waals surface area (Å²) in [4.78, 5) is 9.20. The van der Waals surface area contributed by atoms with Gasteiger partial charge in [0.25, 0.3) is 0 Å². The number of H-pyrrole nitrogens is 1. The number of hydrogen-bond acceptors (Lipinski definition) is 11. The van der Waals surface area contributed by atoms with Crippen LogP contribution in [0.5, 0.6) is 0 Å². The van der Waals surface area contributed by atoms with Gasteiger partial charge >= 0.3 is 0 Å². The molecule has 0 aliphatic rings. The second-order valence-electron chi connectivity index (χ2n) is 13.1. The Morgan fingerprint density at radius 1 is 0.767 bits per heavy atom. The van der Waals surface area contributed by atoms with Crippen molar-refractivity contribution in [2.75, 3.05) is 12.5 Å². The van der Waals surface area contributed by atoms with Crippen LogP contribution in [0.25, 0.3) is 22.1 Å². The van der Waals surface area contributed by atoms with E-state index in [1.807, 2.05) is 88.6 Å². The second kappa shape index (κ2) is 18.0. The van der Waals surface area contributed by atoms with Crippen molar-refractivity contribution in [1.82, 2.24) is 14.5 Å². The predicted molar refractivity (Wildman–Crippen MR) is 250 cm³/mol. The van der Waals surface area contributed by atoms with E-state index in [4.69, 9.17) is 22.3 Å². The fourth-order valence-corrected chi connectivity index (χ4v) is 15.7. The highest BCUT2D eigenvalue weighted by atomic mass is 79.9. The Morgan fingerprint density at radius 3 is 1.82 bits per heavy atom. The lowest BCUT2D eigenvalue weighted by Gasteiger charge is -2.09. The molecule has 8 aromatic rings. The fraction of sp³-hybridized carbons (Fsp3) is 0.100. The van der Waals surface area contributed by atoms with Crippen molar-refractivity contribution in [3.8, 4) is 0 Å². The number of imidazole rings is 2. The van der Waals surface area contributed by atoms with Crippen LogP contribution in [0.2, 0.25) is 0 Å². The molecule has 0 amide bonds. The summed E-state index contributed by atoms with van der Waals surface area (Å²) in [6, 6.07) is 29.4. The summed E-state index contributed by atoms with van der Waals surface area (Å²) in [7, 11) is -7.59.